The van der Waals surface area contributed by atoms with Crippen LogP contribution < -0.4 is 10.2 Å². The Morgan fingerprint density at radius 1 is 1.21 bits per heavy atom. The summed E-state index contributed by atoms with van der Waals surface area (Å²) < 4.78 is 0. The Kier molecular flexibility index (Phi) is 3.65. The van der Waals surface area contributed by atoms with Crippen molar-refractivity contribution in [3.05, 3.63) is 36.5 Å². The maximum absolute atomic E-state index is 4.46. The highest BCUT2D eigenvalue weighted by atomic mass is 15.2. The lowest BCUT2D eigenvalue weighted by molar-refractivity contribution is 0.434. The summed E-state index contributed by atoms with van der Waals surface area (Å²) in [7, 11) is 0. The van der Waals surface area contributed by atoms with Crippen molar-refractivity contribution >= 4 is 16.6 Å². The molecule has 1 N–H and O–H groups in total. The maximum atomic E-state index is 4.46. The van der Waals surface area contributed by atoms with Crippen molar-refractivity contribution in [2.24, 2.45) is 0 Å². The van der Waals surface area contributed by atoms with Crippen LogP contribution in [0.25, 0.3) is 10.9 Å². The van der Waals surface area contributed by atoms with Gasteiger partial charge >= 0.3 is 0 Å². The van der Waals surface area contributed by atoms with Crippen LogP contribution >= 0.6 is 0 Å². The monoisotopic (exact) mass is 255 g/mol. The van der Waals surface area contributed by atoms with Gasteiger partial charge in [0.2, 0.25) is 0 Å². The molecule has 0 spiro atoms. The molecule has 0 atom stereocenters. The molecule has 3 nitrogen and oxygen atoms in total. The first kappa shape index (κ1) is 12.4. The molecule has 0 radical (unpaired) electrons. The quantitative estimate of drug-likeness (QED) is 0.914. The van der Waals surface area contributed by atoms with Crippen LogP contribution in [0.1, 0.15) is 19.8 Å². The number of pyridine rings is 1. The summed E-state index contributed by atoms with van der Waals surface area (Å²) in [5.74, 6) is 0. The molecule has 100 valence electrons. The van der Waals surface area contributed by atoms with Crippen molar-refractivity contribution in [2.45, 2.75) is 25.8 Å². The van der Waals surface area contributed by atoms with E-state index in [0.717, 1.165) is 25.2 Å². The van der Waals surface area contributed by atoms with Crippen molar-refractivity contribution in [2.75, 3.05) is 24.5 Å². The van der Waals surface area contributed by atoms with Gasteiger partial charge in [-0.1, -0.05) is 6.07 Å². The first-order chi connectivity index (χ1) is 9.40. The Morgan fingerprint density at radius 3 is 2.84 bits per heavy atom. The lowest BCUT2D eigenvalue weighted by atomic mass is 10.0. The minimum absolute atomic E-state index is 0.650. The van der Waals surface area contributed by atoms with E-state index in [4.69, 9.17) is 0 Å². The summed E-state index contributed by atoms with van der Waals surface area (Å²) in [6, 6.07) is 11.3. The van der Waals surface area contributed by atoms with Gasteiger partial charge in [0.1, 0.15) is 0 Å². The zero-order chi connectivity index (χ0) is 13.1. The van der Waals surface area contributed by atoms with Crippen LogP contribution in [0.2, 0.25) is 0 Å². The molecule has 1 aliphatic rings. The van der Waals surface area contributed by atoms with Gasteiger partial charge in [-0.25, -0.2) is 0 Å². The second kappa shape index (κ2) is 5.57. The number of hydrogen-bond acceptors (Lipinski definition) is 3. The van der Waals surface area contributed by atoms with Gasteiger partial charge in [-0.05, 0) is 57.1 Å². The summed E-state index contributed by atoms with van der Waals surface area (Å²) in [6.07, 6.45) is 4.32. The average Bonchev–Trinajstić information content (AvgIpc) is 2.49. The van der Waals surface area contributed by atoms with E-state index in [1.807, 2.05) is 12.3 Å². The molecule has 1 fully saturated rings. The van der Waals surface area contributed by atoms with Gasteiger partial charge in [-0.15, -0.1) is 0 Å². The van der Waals surface area contributed by atoms with Crippen LogP contribution in [-0.2, 0) is 0 Å². The number of piperidine rings is 1. The number of benzene rings is 1. The van der Waals surface area contributed by atoms with Crippen molar-refractivity contribution in [1.82, 2.24) is 10.3 Å². The number of rotatable bonds is 3. The highest BCUT2D eigenvalue weighted by Gasteiger charge is 2.21. The Labute approximate surface area is 114 Å². The fourth-order valence-corrected chi connectivity index (χ4v) is 3.08. The van der Waals surface area contributed by atoms with Crippen LogP contribution in [0.3, 0.4) is 0 Å². The second-order valence-electron chi connectivity index (χ2n) is 5.11. The third kappa shape index (κ3) is 2.43. The van der Waals surface area contributed by atoms with Crippen LogP contribution in [0.4, 0.5) is 5.69 Å². The van der Waals surface area contributed by atoms with E-state index in [-0.39, 0.29) is 0 Å². The largest absolute Gasteiger partial charge is 0.368 e. The smallest absolute Gasteiger partial charge is 0.0722 e. The van der Waals surface area contributed by atoms with Gasteiger partial charge in [0.05, 0.1) is 5.52 Å². The van der Waals surface area contributed by atoms with E-state index < -0.39 is 0 Å². The summed E-state index contributed by atoms with van der Waals surface area (Å²) in [6.45, 7) is 5.56. The third-order valence-corrected chi connectivity index (χ3v) is 4.02. The van der Waals surface area contributed by atoms with E-state index in [9.17, 15) is 0 Å². The number of aromatic nitrogens is 1. The lowest BCUT2D eigenvalue weighted by Gasteiger charge is -2.36. The molecule has 2 heterocycles. The Bertz CT molecular complexity index is 541. The summed E-state index contributed by atoms with van der Waals surface area (Å²) in [5.41, 5.74) is 2.42. The molecule has 0 amide bonds. The van der Waals surface area contributed by atoms with Gasteiger partial charge in [0.15, 0.2) is 0 Å². The number of hydrogen-bond donors (Lipinski definition) is 1. The second-order valence-corrected chi connectivity index (χ2v) is 5.11. The molecular formula is C16H21N3. The van der Waals surface area contributed by atoms with E-state index in [1.54, 1.807) is 0 Å². The number of nitrogens with zero attached hydrogens (tertiary/aromatic N) is 2. The van der Waals surface area contributed by atoms with E-state index in [0.29, 0.717) is 6.04 Å². The van der Waals surface area contributed by atoms with Gasteiger partial charge in [-0.3, -0.25) is 4.98 Å². The fourth-order valence-electron chi connectivity index (χ4n) is 3.08. The SMILES string of the molecule is CCN(c1cccc2ncccc12)C1CCNCC1. The highest BCUT2D eigenvalue weighted by Crippen LogP contribution is 2.28. The van der Waals surface area contributed by atoms with Crippen molar-refractivity contribution in [1.29, 1.82) is 0 Å². The van der Waals surface area contributed by atoms with Crippen LogP contribution in [-0.4, -0.2) is 30.7 Å². The van der Waals surface area contributed by atoms with Crippen LogP contribution in [0.5, 0.6) is 0 Å². The molecule has 3 heteroatoms. The van der Waals surface area contributed by atoms with E-state index >= 15 is 0 Å². The number of nitrogens with one attached hydrogen (secondary N) is 1. The van der Waals surface area contributed by atoms with Gasteiger partial charge in [0.25, 0.3) is 0 Å². The zero-order valence-electron chi connectivity index (χ0n) is 11.5. The normalized spacial score (nSPS) is 16.7. The molecule has 0 saturated carbocycles. The molecule has 0 unspecified atom stereocenters. The zero-order valence-corrected chi connectivity index (χ0v) is 11.5. The molecule has 1 saturated heterocycles. The van der Waals surface area contributed by atoms with E-state index in [2.05, 4.69) is 46.4 Å². The van der Waals surface area contributed by atoms with Gasteiger partial charge in [-0.2, -0.15) is 0 Å². The standard InChI is InChI=1S/C16H21N3/c1-2-19(13-8-11-17-12-9-13)16-7-3-6-15-14(16)5-4-10-18-15/h3-7,10,13,17H,2,8-9,11-12H2,1H3. The average molecular weight is 255 g/mol. The minimum atomic E-state index is 0.650. The molecule has 2 aromatic rings. The van der Waals surface area contributed by atoms with Crippen LogP contribution in [0, 0.1) is 0 Å². The van der Waals surface area contributed by atoms with Gasteiger partial charge < -0.3 is 10.2 Å². The number of anilines is 1. The molecule has 1 aliphatic heterocycles. The predicted molar refractivity (Wildman–Crippen MR) is 80.7 cm³/mol. The Morgan fingerprint density at radius 2 is 2.05 bits per heavy atom. The van der Waals surface area contributed by atoms with Crippen molar-refractivity contribution < 1.29 is 0 Å². The molecule has 1 aromatic carbocycles. The Balaban J connectivity index is 2.00. The number of fused-ring (bicyclic) bond motifs is 1. The van der Waals surface area contributed by atoms with E-state index in [1.165, 1.54) is 23.9 Å². The molecular weight excluding hydrogens is 234 g/mol. The highest BCUT2D eigenvalue weighted by molar-refractivity contribution is 5.91. The lowest BCUT2D eigenvalue weighted by Crippen LogP contribution is -2.43. The molecule has 19 heavy (non-hydrogen) atoms. The van der Waals surface area contributed by atoms with Crippen molar-refractivity contribution in [3.63, 3.8) is 0 Å². The van der Waals surface area contributed by atoms with Crippen molar-refractivity contribution in [3.8, 4) is 0 Å². The Hall–Kier alpha value is -1.61. The van der Waals surface area contributed by atoms with Crippen LogP contribution in [0.15, 0.2) is 36.5 Å². The minimum Gasteiger partial charge on any atom is -0.368 e. The topological polar surface area (TPSA) is 28.2 Å². The molecule has 0 aliphatic carbocycles. The molecule has 0 bridgehead atoms. The molecule has 1 aromatic heterocycles. The summed E-state index contributed by atoms with van der Waals surface area (Å²) in [4.78, 5) is 7.01. The predicted octanol–water partition coefficient (Wildman–Crippen LogP) is 2.81. The summed E-state index contributed by atoms with van der Waals surface area (Å²) in [5, 5.41) is 4.71. The maximum Gasteiger partial charge on any atom is 0.0722 e. The molecule has 3 rings (SSSR count). The fraction of sp³-hybridized carbons (Fsp3) is 0.438. The first-order valence-electron chi connectivity index (χ1n) is 7.21. The van der Waals surface area contributed by atoms with Gasteiger partial charge in [0, 0.05) is 29.9 Å². The third-order valence-electron chi connectivity index (χ3n) is 4.02. The summed E-state index contributed by atoms with van der Waals surface area (Å²) >= 11 is 0. The first-order valence-corrected chi connectivity index (χ1v) is 7.21.